The molecule has 0 aliphatic rings. The van der Waals surface area contributed by atoms with Gasteiger partial charge in [0, 0.05) is 4.47 Å². The monoisotopic (exact) mass is 270 g/mol. The van der Waals surface area contributed by atoms with Crippen LogP contribution in [0.2, 0.25) is 0 Å². The summed E-state index contributed by atoms with van der Waals surface area (Å²) in [5, 5.41) is 0. The second kappa shape index (κ2) is 5.91. The Kier molecular flexibility index (Phi) is 4.82. The number of rotatable bonds is 4. The van der Waals surface area contributed by atoms with Crippen LogP contribution in [0.3, 0.4) is 0 Å². The number of carbonyl (C=O) groups is 1. The zero-order chi connectivity index (χ0) is 11.3. The van der Waals surface area contributed by atoms with Crippen LogP contribution in [0, 0.1) is 0 Å². The van der Waals surface area contributed by atoms with Gasteiger partial charge >= 0.3 is 5.97 Å². The molecule has 0 saturated heterocycles. The lowest BCUT2D eigenvalue weighted by Gasteiger charge is -2.15. The molecule has 1 rings (SSSR count). The van der Waals surface area contributed by atoms with Crippen molar-refractivity contribution in [1.29, 1.82) is 0 Å². The minimum absolute atomic E-state index is 0.146. The Labute approximate surface area is 98.8 Å². The van der Waals surface area contributed by atoms with Gasteiger partial charge in [-0.1, -0.05) is 41.1 Å². The molecule has 82 valence electrons. The summed E-state index contributed by atoms with van der Waals surface area (Å²) in [6.07, 6.45) is 0.751. The molecule has 1 aromatic carbocycles. The van der Waals surface area contributed by atoms with Crippen molar-refractivity contribution in [3.05, 3.63) is 34.3 Å². The number of hydrogen-bond donors (Lipinski definition) is 0. The van der Waals surface area contributed by atoms with Crippen LogP contribution in [-0.4, -0.2) is 12.6 Å². The summed E-state index contributed by atoms with van der Waals surface area (Å²) in [5.74, 6) is -0.313. The topological polar surface area (TPSA) is 26.3 Å². The van der Waals surface area contributed by atoms with E-state index >= 15 is 0 Å². The predicted octanol–water partition coefficient (Wildman–Crippen LogP) is 3.51. The molecule has 1 aromatic rings. The molecule has 0 aromatic heterocycles. The summed E-state index contributed by atoms with van der Waals surface area (Å²) < 4.78 is 6.01. The van der Waals surface area contributed by atoms with Crippen molar-refractivity contribution in [2.75, 3.05) is 6.61 Å². The largest absolute Gasteiger partial charge is 0.466 e. The molecule has 0 N–H and O–H groups in total. The first-order chi connectivity index (χ1) is 7.20. The minimum Gasteiger partial charge on any atom is -0.466 e. The van der Waals surface area contributed by atoms with Gasteiger partial charge in [-0.2, -0.15) is 0 Å². The fourth-order valence-electron chi connectivity index (χ4n) is 1.51. The number of esters is 1. The van der Waals surface area contributed by atoms with Gasteiger partial charge in [0.25, 0.3) is 0 Å². The van der Waals surface area contributed by atoms with Crippen LogP contribution in [0.15, 0.2) is 28.7 Å². The maximum atomic E-state index is 11.7. The van der Waals surface area contributed by atoms with E-state index in [4.69, 9.17) is 4.74 Å². The van der Waals surface area contributed by atoms with Crippen LogP contribution in [0.4, 0.5) is 0 Å². The first kappa shape index (κ1) is 12.2. The van der Waals surface area contributed by atoms with E-state index in [-0.39, 0.29) is 11.9 Å². The lowest BCUT2D eigenvalue weighted by molar-refractivity contribution is -0.145. The Balaban J connectivity index is 2.92. The molecule has 0 aliphatic carbocycles. The van der Waals surface area contributed by atoms with Gasteiger partial charge in [0.1, 0.15) is 0 Å². The van der Waals surface area contributed by atoms with Gasteiger partial charge in [0.05, 0.1) is 12.5 Å². The molecule has 0 radical (unpaired) electrons. The molecule has 0 unspecified atom stereocenters. The zero-order valence-corrected chi connectivity index (χ0v) is 10.6. The number of halogens is 1. The highest BCUT2D eigenvalue weighted by molar-refractivity contribution is 9.10. The molecule has 0 bridgehead atoms. The first-order valence-electron chi connectivity index (χ1n) is 5.11. The normalized spacial score (nSPS) is 12.2. The Hall–Kier alpha value is -0.830. The van der Waals surface area contributed by atoms with Crippen molar-refractivity contribution in [3.8, 4) is 0 Å². The molecule has 0 heterocycles. The Morgan fingerprint density at radius 2 is 2.07 bits per heavy atom. The van der Waals surface area contributed by atoms with E-state index in [9.17, 15) is 4.79 Å². The van der Waals surface area contributed by atoms with Gasteiger partial charge in [-0.3, -0.25) is 4.79 Å². The summed E-state index contributed by atoms with van der Waals surface area (Å²) in [7, 11) is 0. The molecule has 0 spiro atoms. The number of ether oxygens (including phenoxy) is 1. The average Bonchev–Trinajstić information content (AvgIpc) is 2.22. The highest BCUT2D eigenvalue weighted by Gasteiger charge is 2.21. The van der Waals surface area contributed by atoms with Crippen molar-refractivity contribution in [2.45, 2.75) is 26.2 Å². The van der Waals surface area contributed by atoms with E-state index in [1.807, 2.05) is 38.1 Å². The summed E-state index contributed by atoms with van der Waals surface area (Å²) in [6.45, 7) is 4.24. The fourth-order valence-corrected chi connectivity index (χ4v) is 2.08. The quantitative estimate of drug-likeness (QED) is 0.783. The Bertz CT molecular complexity index is 336. The molecule has 0 saturated carbocycles. The van der Waals surface area contributed by atoms with E-state index in [1.54, 1.807) is 0 Å². The fraction of sp³-hybridized carbons (Fsp3) is 0.417. The lowest BCUT2D eigenvalue weighted by atomic mass is 9.97. The Morgan fingerprint density at radius 1 is 1.40 bits per heavy atom. The summed E-state index contributed by atoms with van der Waals surface area (Å²) in [4.78, 5) is 11.7. The summed E-state index contributed by atoms with van der Waals surface area (Å²) in [5.41, 5.74) is 0.999. The molecule has 0 fully saturated rings. The summed E-state index contributed by atoms with van der Waals surface area (Å²) in [6, 6.07) is 7.76. The van der Waals surface area contributed by atoms with E-state index in [1.165, 1.54) is 0 Å². The number of carbonyl (C=O) groups excluding carboxylic acids is 1. The van der Waals surface area contributed by atoms with Gasteiger partial charge in [-0.15, -0.1) is 0 Å². The van der Waals surface area contributed by atoms with Gasteiger partial charge in [-0.25, -0.2) is 0 Å². The Morgan fingerprint density at radius 3 is 2.60 bits per heavy atom. The van der Waals surface area contributed by atoms with Gasteiger partial charge < -0.3 is 4.74 Å². The molecular formula is C12H15BrO2. The maximum absolute atomic E-state index is 11.7. The van der Waals surface area contributed by atoms with Crippen LogP contribution >= 0.6 is 15.9 Å². The maximum Gasteiger partial charge on any atom is 0.313 e. The van der Waals surface area contributed by atoms with Crippen molar-refractivity contribution >= 4 is 21.9 Å². The third kappa shape index (κ3) is 3.06. The van der Waals surface area contributed by atoms with E-state index in [0.29, 0.717) is 6.61 Å². The van der Waals surface area contributed by atoms with Gasteiger partial charge in [-0.05, 0) is 25.0 Å². The molecule has 2 nitrogen and oxygen atoms in total. The number of benzene rings is 1. The minimum atomic E-state index is -0.166. The van der Waals surface area contributed by atoms with Crippen LogP contribution < -0.4 is 0 Å². The van der Waals surface area contributed by atoms with E-state index in [2.05, 4.69) is 15.9 Å². The van der Waals surface area contributed by atoms with E-state index < -0.39 is 0 Å². The smallest absolute Gasteiger partial charge is 0.313 e. The third-order valence-corrected chi connectivity index (χ3v) is 2.98. The van der Waals surface area contributed by atoms with Crippen LogP contribution in [0.25, 0.3) is 0 Å². The van der Waals surface area contributed by atoms with Crippen molar-refractivity contribution in [2.24, 2.45) is 0 Å². The standard InChI is InChI=1S/C12H15BrO2/c1-3-9(12(14)15-4-2)10-7-5-6-8-11(10)13/h5-9H,3-4H2,1-2H3/t9-/m0/s1. The van der Waals surface area contributed by atoms with Crippen molar-refractivity contribution in [3.63, 3.8) is 0 Å². The number of hydrogen-bond acceptors (Lipinski definition) is 2. The summed E-state index contributed by atoms with van der Waals surface area (Å²) >= 11 is 3.45. The van der Waals surface area contributed by atoms with Crippen LogP contribution in [-0.2, 0) is 9.53 Å². The molecule has 1 atom stereocenters. The van der Waals surface area contributed by atoms with Gasteiger partial charge in [0.2, 0.25) is 0 Å². The van der Waals surface area contributed by atoms with E-state index in [0.717, 1.165) is 16.5 Å². The molecule has 15 heavy (non-hydrogen) atoms. The highest BCUT2D eigenvalue weighted by atomic mass is 79.9. The molecule has 3 heteroatoms. The van der Waals surface area contributed by atoms with Gasteiger partial charge in [0.15, 0.2) is 0 Å². The molecular weight excluding hydrogens is 256 g/mol. The van der Waals surface area contributed by atoms with Crippen LogP contribution in [0.1, 0.15) is 31.7 Å². The SMILES string of the molecule is CCOC(=O)[C@@H](CC)c1ccccc1Br. The highest BCUT2D eigenvalue weighted by Crippen LogP contribution is 2.28. The second-order valence-electron chi connectivity index (χ2n) is 3.23. The molecule has 0 aliphatic heterocycles. The molecule has 0 amide bonds. The zero-order valence-electron chi connectivity index (χ0n) is 9.00. The predicted molar refractivity (Wildman–Crippen MR) is 63.8 cm³/mol. The second-order valence-corrected chi connectivity index (χ2v) is 4.09. The average molecular weight is 271 g/mol. The van der Waals surface area contributed by atoms with Crippen molar-refractivity contribution in [1.82, 2.24) is 0 Å². The third-order valence-electron chi connectivity index (χ3n) is 2.26. The first-order valence-corrected chi connectivity index (χ1v) is 5.91. The lowest BCUT2D eigenvalue weighted by Crippen LogP contribution is -2.15. The van der Waals surface area contributed by atoms with Crippen molar-refractivity contribution < 1.29 is 9.53 Å². The van der Waals surface area contributed by atoms with Crippen LogP contribution in [0.5, 0.6) is 0 Å².